The van der Waals surface area contributed by atoms with E-state index >= 15 is 0 Å². The summed E-state index contributed by atoms with van der Waals surface area (Å²) < 4.78 is 1.79. The number of aryl methyl sites for hydroxylation is 1. The second-order valence-corrected chi connectivity index (χ2v) is 4.66. The molecule has 6 nitrogen and oxygen atoms in total. The molecule has 1 unspecified atom stereocenters. The van der Waals surface area contributed by atoms with Gasteiger partial charge in [0, 0.05) is 39.4 Å². The first-order valence-electron chi connectivity index (χ1n) is 6.32. The molecule has 100 valence electrons. The zero-order chi connectivity index (χ0) is 13.1. The summed E-state index contributed by atoms with van der Waals surface area (Å²) in [6, 6.07) is -0.346. The molecule has 1 N–H and O–H groups in total. The molecule has 1 aliphatic heterocycles. The van der Waals surface area contributed by atoms with E-state index in [0.717, 1.165) is 31.9 Å². The lowest BCUT2D eigenvalue weighted by Gasteiger charge is -2.37. The van der Waals surface area contributed by atoms with Crippen LogP contribution in [0.2, 0.25) is 0 Å². The van der Waals surface area contributed by atoms with Crippen molar-refractivity contribution in [3.05, 3.63) is 12.4 Å². The van der Waals surface area contributed by atoms with Crippen molar-refractivity contribution in [2.24, 2.45) is 7.05 Å². The highest BCUT2D eigenvalue weighted by molar-refractivity contribution is 5.73. The summed E-state index contributed by atoms with van der Waals surface area (Å²) in [6.45, 7) is 5.22. The Morgan fingerprint density at radius 1 is 1.44 bits per heavy atom. The maximum atomic E-state index is 11.1. The highest BCUT2D eigenvalue weighted by Gasteiger charge is 2.27. The second-order valence-electron chi connectivity index (χ2n) is 4.66. The van der Waals surface area contributed by atoms with E-state index < -0.39 is 5.97 Å². The second kappa shape index (κ2) is 5.39. The van der Waals surface area contributed by atoms with Gasteiger partial charge in [-0.05, 0) is 6.42 Å². The van der Waals surface area contributed by atoms with E-state index in [-0.39, 0.29) is 6.04 Å². The molecule has 1 aliphatic rings. The monoisotopic (exact) mass is 252 g/mol. The number of hydrogen-bond acceptors (Lipinski definition) is 4. The molecule has 1 saturated heterocycles. The van der Waals surface area contributed by atoms with Crippen molar-refractivity contribution >= 4 is 11.7 Å². The van der Waals surface area contributed by atoms with Gasteiger partial charge in [-0.1, -0.05) is 6.92 Å². The first-order chi connectivity index (χ1) is 8.61. The number of hydrogen-bond donors (Lipinski definition) is 1. The summed E-state index contributed by atoms with van der Waals surface area (Å²) in [5, 5.41) is 13.3. The molecule has 1 aromatic heterocycles. The van der Waals surface area contributed by atoms with Crippen molar-refractivity contribution in [3.63, 3.8) is 0 Å². The normalized spacial score (nSPS) is 18.9. The van der Waals surface area contributed by atoms with Gasteiger partial charge in [0.2, 0.25) is 0 Å². The lowest BCUT2D eigenvalue weighted by molar-refractivity contribution is -0.143. The Morgan fingerprint density at radius 2 is 2.11 bits per heavy atom. The summed E-state index contributed by atoms with van der Waals surface area (Å²) >= 11 is 0. The van der Waals surface area contributed by atoms with Crippen LogP contribution in [0.5, 0.6) is 0 Å². The topological polar surface area (TPSA) is 61.6 Å². The fourth-order valence-electron chi connectivity index (χ4n) is 2.45. The van der Waals surface area contributed by atoms with Crippen molar-refractivity contribution in [2.45, 2.75) is 19.4 Å². The van der Waals surface area contributed by atoms with Crippen LogP contribution in [0.25, 0.3) is 0 Å². The van der Waals surface area contributed by atoms with Gasteiger partial charge < -0.3 is 10.0 Å². The van der Waals surface area contributed by atoms with Gasteiger partial charge in [0.15, 0.2) is 0 Å². The van der Waals surface area contributed by atoms with Gasteiger partial charge in [-0.15, -0.1) is 0 Å². The minimum absolute atomic E-state index is 0.346. The quantitative estimate of drug-likeness (QED) is 0.840. The van der Waals surface area contributed by atoms with E-state index in [9.17, 15) is 4.79 Å². The highest BCUT2D eigenvalue weighted by Crippen LogP contribution is 2.16. The predicted octanol–water partition coefficient (Wildman–Crippen LogP) is 0.405. The number of nitrogens with zero attached hydrogens (tertiary/aromatic N) is 4. The molecule has 0 spiro atoms. The van der Waals surface area contributed by atoms with Crippen LogP contribution < -0.4 is 4.90 Å². The minimum atomic E-state index is -0.715. The van der Waals surface area contributed by atoms with E-state index in [1.165, 1.54) is 0 Å². The molecular weight excluding hydrogens is 232 g/mol. The molecule has 2 rings (SSSR count). The van der Waals surface area contributed by atoms with Crippen molar-refractivity contribution in [1.29, 1.82) is 0 Å². The fourth-order valence-corrected chi connectivity index (χ4v) is 2.45. The Bertz CT molecular complexity index is 410. The van der Waals surface area contributed by atoms with Crippen LogP contribution in [0.3, 0.4) is 0 Å². The molecule has 0 aliphatic carbocycles. The van der Waals surface area contributed by atoms with Gasteiger partial charge in [0.1, 0.15) is 6.04 Å². The molecular formula is C12H20N4O2. The van der Waals surface area contributed by atoms with Crippen LogP contribution >= 0.6 is 0 Å². The molecule has 0 bridgehead atoms. The standard InChI is InChI=1S/C12H20N4O2/c1-3-11(12(17)18)16-6-4-15(5-7-16)10-8-13-14(2)9-10/h8-9,11H,3-7H2,1-2H3,(H,17,18). The van der Waals surface area contributed by atoms with Crippen molar-refractivity contribution in [3.8, 4) is 0 Å². The van der Waals surface area contributed by atoms with E-state index in [4.69, 9.17) is 5.11 Å². The number of piperazine rings is 1. The number of carboxylic acids is 1. The summed E-state index contributed by atoms with van der Waals surface area (Å²) in [4.78, 5) is 15.4. The maximum absolute atomic E-state index is 11.1. The Balaban J connectivity index is 1.93. The fraction of sp³-hybridized carbons (Fsp3) is 0.667. The SMILES string of the molecule is CCC(C(=O)O)N1CCN(c2cnn(C)c2)CC1. The summed E-state index contributed by atoms with van der Waals surface area (Å²) in [5.74, 6) is -0.715. The van der Waals surface area contributed by atoms with Gasteiger partial charge in [0.05, 0.1) is 11.9 Å². The smallest absolute Gasteiger partial charge is 0.320 e. The number of aromatic nitrogens is 2. The average molecular weight is 252 g/mol. The molecule has 0 radical (unpaired) electrons. The summed E-state index contributed by atoms with van der Waals surface area (Å²) in [7, 11) is 1.90. The molecule has 2 heterocycles. The number of aliphatic carboxylic acids is 1. The van der Waals surface area contributed by atoms with Crippen LogP contribution in [-0.2, 0) is 11.8 Å². The Labute approximate surface area is 107 Å². The predicted molar refractivity (Wildman–Crippen MR) is 68.7 cm³/mol. The molecule has 18 heavy (non-hydrogen) atoms. The third kappa shape index (κ3) is 2.64. The van der Waals surface area contributed by atoms with Crippen LogP contribution in [-0.4, -0.2) is 58.0 Å². The van der Waals surface area contributed by atoms with Crippen molar-refractivity contribution in [2.75, 3.05) is 31.1 Å². The first kappa shape index (κ1) is 12.9. The average Bonchev–Trinajstić information content (AvgIpc) is 2.77. The van der Waals surface area contributed by atoms with Crippen LogP contribution in [0.15, 0.2) is 12.4 Å². The first-order valence-corrected chi connectivity index (χ1v) is 6.32. The third-order valence-electron chi connectivity index (χ3n) is 3.48. The number of carbonyl (C=O) groups is 1. The van der Waals surface area contributed by atoms with Gasteiger partial charge in [0.25, 0.3) is 0 Å². The Hall–Kier alpha value is -1.56. The molecule has 0 saturated carbocycles. The molecule has 1 atom stereocenters. The molecule has 1 aromatic rings. The van der Waals surface area contributed by atoms with Crippen LogP contribution in [0.1, 0.15) is 13.3 Å². The Kier molecular flexibility index (Phi) is 3.86. The highest BCUT2D eigenvalue weighted by atomic mass is 16.4. The van der Waals surface area contributed by atoms with Crippen LogP contribution in [0, 0.1) is 0 Å². The van der Waals surface area contributed by atoms with E-state index in [2.05, 4.69) is 14.9 Å². The lowest BCUT2D eigenvalue weighted by Crippen LogP contribution is -2.52. The maximum Gasteiger partial charge on any atom is 0.320 e. The van der Waals surface area contributed by atoms with E-state index in [1.807, 2.05) is 26.4 Å². The number of anilines is 1. The number of rotatable bonds is 4. The van der Waals surface area contributed by atoms with Gasteiger partial charge in [-0.25, -0.2) is 0 Å². The zero-order valence-corrected chi connectivity index (χ0v) is 10.9. The number of carboxylic acid groups (broad SMARTS) is 1. The molecule has 1 fully saturated rings. The van der Waals surface area contributed by atoms with E-state index in [1.54, 1.807) is 4.68 Å². The van der Waals surface area contributed by atoms with Gasteiger partial charge >= 0.3 is 5.97 Å². The Morgan fingerprint density at radius 3 is 2.56 bits per heavy atom. The molecule has 6 heteroatoms. The van der Waals surface area contributed by atoms with Gasteiger partial charge in [-0.3, -0.25) is 14.4 Å². The lowest BCUT2D eigenvalue weighted by atomic mass is 10.1. The largest absolute Gasteiger partial charge is 0.480 e. The van der Waals surface area contributed by atoms with E-state index in [0.29, 0.717) is 6.42 Å². The van der Waals surface area contributed by atoms with Crippen molar-refractivity contribution < 1.29 is 9.90 Å². The third-order valence-corrected chi connectivity index (χ3v) is 3.48. The minimum Gasteiger partial charge on any atom is -0.480 e. The van der Waals surface area contributed by atoms with Crippen LogP contribution in [0.4, 0.5) is 5.69 Å². The molecule has 0 amide bonds. The van der Waals surface area contributed by atoms with Gasteiger partial charge in [-0.2, -0.15) is 5.10 Å². The van der Waals surface area contributed by atoms with Crippen molar-refractivity contribution in [1.82, 2.24) is 14.7 Å². The molecule has 0 aromatic carbocycles. The summed E-state index contributed by atoms with van der Waals surface area (Å²) in [6.07, 6.45) is 4.50. The zero-order valence-electron chi connectivity index (χ0n) is 10.9. The summed E-state index contributed by atoms with van der Waals surface area (Å²) in [5.41, 5.74) is 1.11.